The molecule has 182 valence electrons. The molecule has 0 bridgehead atoms. The van der Waals surface area contributed by atoms with E-state index in [1.165, 1.54) is 18.5 Å². The number of anilines is 1. The first kappa shape index (κ1) is 24.9. The first-order valence-electron chi connectivity index (χ1n) is 11.0. The topological polar surface area (TPSA) is 87.7 Å². The fraction of sp³-hybridized carbons (Fsp3) is 0.400. The highest BCUT2D eigenvalue weighted by atomic mass is 19.3. The van der Waals surface area contributed by atoms with Crippen molar-refractivity contribution in [3.05, 3.63) is 47.9 Å². The molecular formula is C20H22B3F4N5O3. The van der Waals surface area contributed by atoms with Crippen LogP contribution in [-0.2, 0) is 4.79 Å². The number of aromatic nitrogens is 2. The van der Waals surface area contributed by atoms with Crippen LogP contribution in [0.5, 0.6) is 5.75 Å². The summed E-state index contributed by atoms with van der Waals surface area (Å²) in [5.41, 5.74) is -0.143. The fourth-order valence-electron chi connectivity index (χ4n) is 3.94. The smallest absolute Gasteiger partial charge is 0.286 e. The molecule has 2 aliphatic rings. The van der Waals surface area contributed by atoms with Crippen LogP contribution in [0.15, 0.2) is 30.6 Å². The Morgan fingerprint density at radius 3 is 2.43 bits per heavy atom. The molecule has 2 saturated heterocycles. The lowest BCUT2D eigenvalue weighted by molar-refractivity contribution is -0.130. The maximum atomic E-state index is 14.6. The number of amides is 2. The number of likely N-dealkylation sites (tertiary alicyclic amines) is 1. The van der Waals surface area contributed by atoms with Gasteiger partial charge in [-0.15, -0.1) is 0 Å². The van der Waals surface area contributed by atoms with Crippen molar-refractivity contribution < 1.29 is 31.9 Å². The Hall–Kier alpha value is -3.25. The third-order valence-corrected chi connectivity index (χ3v) is 5.78. The van der Waals surface area contributed by atoms with Crippen LogP contribution in [0.25, 0.3) is 0 Å². The Bertz CT molecular complexity index is 1150. The maximum absolute atomic E-state index is 14.6. The standard InChI is InChI=1S/C20H22B3F4N5O3/c21-20(22,23)18(34)32-8-14(19(26,27)9-32)30-17(33)15-16(29-4-3-28-15)31-6-11(7-31)35-10-1-2-12(24)13(25)5-10/h1-5,11,14H,6-9,21-23H2,(H,30,33). The van der Waals surface area contributed by atoms with Gasteiger partial charge in [-0.25, -0.2) is 27.5 Å². The number of benzene rings is 1. The second-order valence-corrected chi connectivity index (χ2v) is 9.67. The van der Waals surface area contributed by atoms with Crippen LogP contribution in [-0.4, -0.2) is 94.5 Å². The van der Waals surface area contributed by atoms with Crippen LogP contribution < -0.4 is 15.0 Å². The number of nitrogens with one attached hydrogen (secondary N) is 1. The Labute approximate surface area is 201 Å². The second kappa shape index (κ2) is 9.08. The summed E-state index contributed by atoms with van der Waals surface area (Å²) >= 11 is 0. The lowest BCUT2D eigenvalue weighted by Gasteiger charge is -2.40. The molecule has 2 amide bonds. The van der Waals surface area contributed by atoms with E-state index in [9.17, 15) is 27.2 Å². The molecule has 2 fully saturated rings. The van der Waals surface area contributed by atoms with Gasteiger partial charge in [-0.2, -0.15) is 0 Å². The van der Waals surface area contributed by atoms with E-state index < -0.39 is 47.1 Å². The highest BCUT2D eigenvalue weighted by Gasteiger charge is 2.51. The molecule has 3 heterocycles. The number of carbonyl (C=O) groups excluding carboxylic acids is 2. The first-order chi connectivity index (χ1) is 16.3. The van der Waals surface area contributed by atoms with Crippen LogP contribution >= 0.6 is 0 Å². The van der Waals surface area contributed by atoms with Gasteiger partial charge in [-0.05, 0) is 17.2 Å². The first-order valence-corrected chi connectivity index (χ1v) is 11.0. The zero-order valence-electron chi connectivity index (χ0n) is 19.4. The molecule has 2 aliphatic heterocycles. The van der Waals surface area contributed by atoms with Gasteiger partial charge in [-0.1, -0.05) is 0 Å². The van der Waals surface area contributed by atoms with E-state index in [0.717, 1.165) is 17.0 Å². The number of rotatable bonds is 6. The molecule has 4 rings (SSSR count). The lowest BCUT2D eigenvalue weighted by Crippen LogP contribution is -2.55. The molecule has 1 atom stereocenters. The SMILES string of the molecule is BC(B)(B)C(=O)N1CC(NC(=O)c2nccnc2N2CC(Oc3ccc(F)c(F)c3)C2)C(F)(F)C1. The zero-order valence-corrected chi connectivity index (χ0v) is 19.4. The van der Waals surface area contributed by atoms with Gasteiger partial charge in [0.25, 0.3) is 11.8 Å². The van der Waals surface area contributed by atoms with Gasteiger partial charge >= 0.3 is 0 Å². The van der Waals surface area contributed by atoms with Crippen molar-refractivity contribution in [3.63, 3.8) is 0 Å². The molecule has 2 aromatic rings. The average Bonchev–Trinajstić information content (AvgIpc) is 3.05. The lowest BCUT2D eigenvalue weighted by atomic mass is 9.42. The number of alkyl halides is 2. The number of hydrogen-bond donors (Lipinski definition) is 1. The average molecular weight is 489 g/mol. The van der Waals surface area contributed by atoms with Crippen molar-refractivity contribution >= 4 is 41.2 Å². The van der Waals surface area contributed by atoms with Crippen molar-refractivity contribution in [1.82, 2.24) is 20.2 Å². The van der Waals surface area contributed by atoms with Crippen molar-refractivity contribution in [2.24, 2.45) is 0 Å². The highest BCUT2D eigenvalue weighted by molar-refractivity contribution is 6.68. The number of nitrogens with zero attached hydrogens (tertiary/aromatic N) is 4. The van der Waals surface area contributed by atoms with E-state index in [4.69, 9.17) is 4.74 Å². The van der Waals surface area contributed by atoms with Crippen LogP contribution in [0.3, 0.4) is 0 Å². The van der Waals surface area contributed by atoms with E-state index in [0.29, 0.717) is 0 Å². The third kappa shape index (κ3) is 5.23. The van der Waals surface area contributed by atoms with Crippen molar-refractivity contribution in [1.29, 1.82) is 0 Å². The minimum Gasteiger partial charge on any atom is -0.487 e. The van der Waals surface area contributed by atoms with E-state index in [1.807, 2.05) is 0 Å². The highest BCUT2D eigenvalue weighted by Crippen LogP contribution is 2.31. The number of halogens is 4. The number of hydrogen-bond acceptors (Lipinski definition) is 6. The Morgan fingerprint density at radius 2 is 1.77 bits per heavy atom. The monoisotopic (exact) mass is 489 g/mol. The molecule has 15 heteroatoms. The quantitative estimate of drug-likeness (QED) is 0.396. The van der Waals surface area contributed by atoms with Crippen molar-refractivity contribution in [2.45, 2.75) is 23.2 Å². The summed E-state index contributed by atoms with van der Waals surface area (Å²) in [6.07, 6.45) is 2.26. The molecule has 0 radical (unpaired) electrons. The Kier molecular flexibility index (Phi) is 6.45. The van der Waals surface area contributed by atoms with Crippen molar-refractivity contribution in [3.8, 4) is 5.75 Å². The minimum absolute atomic E-state index is 0.143. The van der Waals surface area contributed by atoms with Crippen LogP contribution in [0.1, 0.15) is 10.5 Å². The van der Waals surface area contributed by atoms with E-state index in [2.05, 4.69) is 15.3 Å². The summed E-state index contributed by atoms with van der Waals surface area (Å²) in [5.74, 6) is -6.25. The second-order valence-electron chi connectivity index (χ2n) is 9.67. The summed E-state index contributed by atoms with van der Waals surface area (Å²) < 4.78 is 61.3. The Morgan fingerprint density at radius 1 is 1.09 bits per heavy atom. The van der Waals surface area contributed by atoms with Crippen LogP contribution in [0.2, 0.25) is 5.11 Å². The predicted octanol–water partition coefficient (Wildman–Crippen LogP) is -1.43. The normalized spacial score (nSPS) is 19.8. The summed E-state index contributed by atoms with van der Waals surface area (Å²) in [4.78, 5) is 36.2. The van der Waals surface area contributed by atoms with Crippen LogP contribution in [0, 0.1) is 11.6 Å². The van der Waals surface area contributed by atoms with Crippen molar-refractivity contribution in [2.75, 3.05) is 31.1 Å². The van der Waals surface area contributed by atoms with E-state index >= 15 is 0 Å². The maximum Gasteiger partial charge on any atom is 0.286 e. The van der Waals surface area contributed by atoms with Gasteiger partial charge in [-0.3, -0.25) is 9.59 Å². The van der Waals surface area contributed by atoms with E-state index in [-0.39, 0.29) is 43.0 Å². The number of ether oxygens (including phenoxy) is 1. The summed E-state index contributed by atoms with van der Waals surface area (Å²) in [6.45, 7) is -0.564. The molecule has 1 aromatic carbocycles. The van der Waals surface area contributed by atoms with Gasteiger partial charge in [0.2, 0.25) is 5.91 Å². The largest absolute Gasteiger partial charge is 0.487 e. The molecule has 0 aliphatic carbocycles. The molecular weight excluding hydrogens is 467 g/mol. The number of carbonyl (C=O) groups is 2. The summed E-state index contributed by atoms with van der Waals surface area (Å²) in [6, 6.07) is 1.63. The van der Waals surface area contributed by atoms with Gasteiger partial charge in [0.1, 0.15) is 41.4 Å². The molecule has 35 heavy (non-hydrogen) atoms. The van der Waals surface area contributed by atoms with E-state index in [1.54, 1.807) is 28.4 Å². The summed E-state index contributed by atoms with van der Waals surface area (Å²) in [5, 5.41) is 1.48. The molecule has 1 unspecified atom stereocenters. The predicted molar refractivity (Wildman–Crippen MR) is 126 cm³/mol. The molecule has 0 spiro atoms. The van der Waals surface area contributed by atoms with Gasteiger partial charge < -0.3 is 19.9 Å². The molecule has 0 saturated carbocycles. The van der Waals surface area contributed by atoms with Gasteiger partial charge in [0.05, 0.1) is 19.6 Å². The Balaban J connectivity index is 1.41. The minimum atomic E-state index is -3.31. The fourth-order valence-corrected chi connectivity index (χ4v) is 3.94. The molecule has 1 N–H and O–H groups in total. The van der Waals surface area contributed by atoms with Gasteiger partial charge in [0, 0.05) is 25.0 Å². The van der Waals surface area contributed by atoms with Crippen LogP contribution in [0.4, 0.5) is 23.4 Å². The van der Waals surface area contributed by atoms with Gasteiger partial charge in [0.15, 0.2) is 23.1 Å². The summed E-state index contributed by atoms with van der Waals surface area (Å²) in [7, 11) is 4.92. The third-order valence-electron chi connectivity index (χ3n) is 5.78. The molecule has 8 nitrogen and oxygen atoms in total. The zero-order chi connectivity index (χ0) is 25.5. The molecule has 1 aromatic heterocycles.